The smallest absolute Gasteiger partial charge is 0.300 e. The van der Waals surface area contributed by atoms with Gasteiger partial charge in [0.1, 0.15) is 11.2 Å². The van der Waals surface area contributed by atoms with E-state index < -0.39 is 16.9 Å². The molecular formula is C6H8N4O3. The zero-order valence-electron chi connectivity index (χ0n) is 5.72. The topological polar surface area (TPSA) is 114 Å². The van der Waals surface area contributed by atoms with Crippen molar-refractivity contribution in [2.24, 2.45) is 0 Å². The van der Waals surface area contributed by atoms with Crippen LogP contribution in [0.1, 0.15) is 7.43 Å². The molecule has 0 amide bonds. The zero-order chi connectivity index (χ0) is 8.72. The molecule has 0 aliphatic rings. The summed E-state index contributed by atoms with van der Waals surface area (Å²) < 4.78 is 0. The van der Waals surface area contributed by atoms with Gasteiger partial charge in [-0.3, -0.25) is 24.7 Å². The summed E-state index contributed by atoms with van der Waals surface area (Å²) in [6.45, 7) is 0. The lowest BCUT2D eigenvalue weighted by Crippen LogP contribution is -2.21. The molecule has 2 aromatic rings. The Kier molecular flexibility index (Phi) is 1.93. The van der Waals surface area contributed by atoms with Crippen LogP contribution in [0.5, 0.6) is 0 Å². The maximum atomic E-state index is 10.9. The summed E-state index contributed by atoms with van der Waals surface area (Å²) in [5.74, 6) is 0. The van der Waals surface area contributed by atoms with E-state index in [1.807, 2.05) is 4.98 Å². The van der Waals surface area contributed by atoms with Gasteiger partial charge in [-0.15, -0.1) is 0 Å². The molecule has 2 rings (SSSR count). The van der Waals surface area contributed by atoms with Gasteiger partial charge in [0.15, 0.2) is 0 Å². The van der Waals surface area contributed by atoms with Crippen LogP contribution in [0.4, 0.5) is 0 Å². The molecular weight excluding hydrogens is 176 g/mol. The highest BCUT2D eigenvalue weighted by Crippen LogP contribution is 1.88. The van der Waals surface area contributed by atoms with Gasteiger partial charge in [0.2, 0.25) is 0 Å². The minimum Gasteiger partial charge on any atom is -0.300 e. The molecule has 0 radical (unpaired) electrons. The number of nitrogens with one attached hydrogen (secondary N) is 4. The number of fused-ring (bicyclic) bond motifs is 1. The molecule has 2 heterocycles. The summed E-state index contributed by atoms with van der Waals surface area (Å²) >= 11 is 0. The molecule has 0 spiro atoms. The molecule has 7 heteroatoms. The Balaban J connectivity index is 0.000000845. The summed E-state index contributed by atoms with van der Waals surface area (Å²) in [7, 11) is 0. The molecule has 4 N–H and O–H groups in total. The van der Waals surface area contributed by atoms with Gasteiger partial charge in [-0.05, 0) is 0 Å². The summed E-state index contributed by atoms with van der Waals surface area (Å²) in [5.41, 5.74) is -1.65. The molecule has 0 aliphatic heterocycles. The average Bonchev–Trinajstić information content (AvgIpc) is 2.29. The maximum absolute atomic E-state index is 10.9. The van der Waals surface area contributed by atoms with Crippen molar-refractivity contribution in [3.63, 3.8) is 0 Å². The van der Waals surface area contributed by atoms with Crippen LogP contribution in [0, 0.1) is 0 Å². The second-order valence-electron chi connectivity index (χ2n) is 2.24. The first-order chi connectivity index (χ1) is 5.66. The minimum absolute atomic E-state index is 0. The van der Waals surface area contributed by atoms with Crippen LogP contribution in [0.15, 0.2) is 14.4 Å². The number of hydrogen-bond acceptors (Lipinski definition) is 3. The van der Waals surface area contributed by atoms with Gasteiger partial charge in [0.25, 0.3) is 5.56 Å². The third-order valence-corrected chi connectivity index (χ3v) is 1.42. The SMILES string of the molecule is C.O=c1[nH]c(=O)c2[nH]c(=O)[nH]c2[nH]1. The lowest BCUT2D eigenvalue weighted by molar-refractivity contribution is 1.07. The van der Waals surface area contributed by atoms with Crippen molar-refractivity contribution in [1.82, 2.24) is 19.9 Å². The van der Waals surface area contributed by atoms with Crippen LogP contribution in [0.3, 0.4) is 0 Å². The molecule has 0 fully saturated rings. The molecule has 0 saturated carbocycles. The van der Waals surface area contributed by atoms with Crippen LogP contribution in [-0.4, -0.2) is 19.9 Å². The van der Waals surface area contributed by atoms with Gasteiger partial charge in [0, 0.05) is 0 Å². The van der Waals surface area contributed by atoms with Gasteiger partial charge in [0.05, 0.1) is 0 Å². The van der Waals surface area contributed by atoms with Crippen molar-refractivity contribution in [2.75, 3.05) is 0 Å². The van der Waals surface area contributed by atoms with Gasteiger partial charge < -0.3 is 0 Å². The largest absolute Gasteiger partial charge is 0.327 e. The van der Waals surface area contributed by atoms with E-state index in [4.69, 9.17) is 0 Å². The first-order valence-electron chi connectivity index (χ1n) is 3.11. The number of aromatic amines is 4. The second-order valence-corrected chi connectivity index (χ2v) is 2.24. The fourth-order valence-corrected chi connectivity index (χ4v) is 0.958. The Morgan fingerprint density at radius 3 is 1.92 bits per heavy atom. The number of imidazole rings is 1. The maximum Gasteiger partial charge on any atom is 0.327 e. The Morgan fingerprint density at radius 2 is 1.31 bits per heavy atom. The molecule has 2 aromatic heterocycles. The predicted octanol–water partition coefficient (Wildman–Crippen LogP) is -1.13. The first kappa shape index (κ1) is 9.04. The first-order valence-corrected chi connectivity index (χ1v) is 3.11. The predicted molar refractivity (Wildman–Crippen MR) is 46.9 cm³/mol. The fraction of sp³-hybridized carbons (Fsp3) is 0.167. The van der Waals surface area contributed by atoms with E-state index in [0.29, 0.717) is 0 Å². The van der Waals surface area contributed by atoms with E-state index >= 15 is 0 Å². The number of H-pyrrole nitrogens is 4. The van der Waals surface area contributed by atoms with Gasteiger partial charge in [-0.25, -0.2) is 9.59 Å². The second kappa shape index (κ2) is 2.77. The average molecular weight is 184 g/mol. The monoisotopic (exact) mass is 184 g/mol. The van der Waals surface area contributed by atoms with Gasteiger partial charge >= 0.3 is 11.4 Å². The van der Waals surface area contributed by atoms with E-state index in [1.165, 1.54) is 0 Å². The van der Waals surface area contributed by atoms with Crippen molar-refractivity contribution in [3.8, 4) is 0 Å². The molecule has 13 heavy (non-hydrogen) atoms. The van der Waals surface area contributed by atoms with Crippen molar-refractivity contribution >= 4 is 11.2 Å². The van der Waals surface area contributed by atoms with Crippen LogP contribution in [0.2, 0.25) is 0 Å². The molecule has 0 unspecified atom stereocenters. The standard InChI is InChI=1S/C5H4N4O3.CH4/c10-3-1-2(7-4(11)6-1)8-5(12)9-3;/h(H4,6,7,8,9,10,11,12);1H4. The van der Waals surface area contributed by atoms with Crippen LogP contribution < -0.4 is 16.9 Å². The van der Waals surface area contributed by atoms with E-state index in [9.17, 15) is 14.4 Å². The van der Waals surface area contributed by atoms with Crippen molar-refractivity contribution in [2.45, 2.75) is 7.43 Å². The summed E-state index contributed by atoms with van der Waals surface area (Å²) in [6.07, 6.45) is 0. The Bertz CT molecular complexity index is 584. The Hall–Kier alpha value is -2.05. The van der Waals surface area contributed by atoms with E-state index in [-0.39, 0.29) is 18.6 Å². The lowest BCUT2D eigenvalue weighted by Gasteiger charge is -1.83. The number of aromatic nitrogens is 4. The molecule has 70 valence electrons. The summed E-state index contributed by atoms with van der Waals surface area (Å²) in [5, 5.41) is 0. The highest BCUT2D eigenvalue weighted by atomic mass is 16.2. The van der Waals surface area contributed by atoms with Crippen molar-refractivity contribution in [1.29, 1.82) is 0 Å². The van der Waals surface area contributed by atoms with Gasteiger partial charge in [-0.1, -0.05) is 7.43 Å². The Morgan fingerprint density at radius 1 is 0.769 bits per heavy atom. The third kappa shape index (κ3) is 1.31. The summed E-state index contributed by atoms with van der Waals surface area (Å²) in [4.78, 5) is 41.0. The highest BCUT2D eigenvalue weighted by Gasteiger charge is 2.02. The van der Waals surface area contributed by atoms with Crippen LogP contribution >= 0.6 is 0 Å². The molecule has 0 aliphatic carbocycles. The quantitative estimate of drug-likeness (QED) is 0.415. The van der Waals surface area contributed by atoms with Crippen molar-refractivity contribution in [3.05, 3.63) is 31.3 Å². The lowest BCUT2D eigenvalue weighted by atomic mass is 10.5. The molecule has 0 saturated heterocycles. The zero-order valence-corrected chi connectivity index (χ0v) is 5.72. The fourth-order valence-electron chi connectivity index (χ4n) is 0.958. The molecule has 0 aromatic carbocycles. The molecule has 7 nitrogen and oxygen atoms in total. The molecule has 0 atom stereocenters. The van der Waals surface area contributed by atoms with Gasteiger partial charge in [-0.2, -0.15) is 0 Å². The van der Waals surface area contributed by atoms with Crippen molar-refractivity contribution < 1.29 is 0 Å². The number of hydrogen-bond donors (Lipinski definition) is 4. The third-order valence-electron chi connectivity index (χ3n) is 1.42. The van der Waals surface area contributed by atoms with E-state index in [2.05, 4.69) is 15.0 Å². The van der Waals surface area contributed by atoms with E-state index in [0.717, 1.165) is 0 Å². The Labute approximate surface area is 70.8 Å². The van der Waals surface area contributed by atoms with Crippen LogP contribution in [-0.2, 0) is 0 Å². The van der Waals surface area contributed by atoms with E-state index in [1.54, 1.807) is 0 Å². The minimum atomic E-state index is -0.650. The summed E-state index contributed by atoms with van der Waals surface area (Å²) in [6, 6.07) is 0. The normalized spacial score (nSPS) is 9.85. The van der Waals surface area contributed by atoms with Crippen LogP contribution in [0.25, 0.3) is 11.2 Å². The highest BCUT2D eigenvalue weighted by molar-refractivity contribution is 5.67. The molecule has 0 bridgehead atoms. The number of rotatable bonds is 0.